The first kappa shape index (κ1) is 69.6. The summed E-state index contributed by atoms with van der Waals surface area (Å²) in [5, 5.41) is 8.58. The number of alkyl halides is 6. The summed E-state index contributed by atoms with van der Waals surface area (Å²) in [5.74, 6) is 0.925. The van der Waals surface area contributed by atoms with Gasteiger partial charge >= 0.3 is 12.2 Å². The molecule has 0 spiro atoms. The molecule has 89 heavy (non-hydrogen) atoms. The summed E-state index contributed by atoms with van der Waals surface area (Å²) in [7, 11) is -1.21. The highest BCUT2D eigenvalue weighted by molar-refractivity contribution is 6.74. The third-order valence-electron chi connectivity index (χ3n) is 16.7. The van der Waals surface area contributed by atoms with Crippen molar-refractivity contribution in [1.82, 2.24) is 9.80 Å². The highest BCUT2D eigenvalue weighted by Gasteiger charge is 2.53. The summed E-state index contributed by atoms with van der Waals surface area (Å²) < 4.78 is 57.7. The lowest BCUT2D eigenvalue weighted by Crippen LogP contribution is -2.58. The van der Waals surface area contributed by atoms with E-state index in [2.05, 4.69) is 41.5 Å². The summed E-state index contributed by atoms with van der Waals surface area (Å²) in [6.07, 6.45) is 0.0872. The molecular weight excluding hydrogens is 1310 g/mol. The highest BCUT2D eigenvalue weighted by Crippen LogP contribution is 2.50. The van der Waals surface area contributed by atoms with Crippen molar-refractivity contribution in [2.45, 2.75) is 129 Å². The van der Waals surface area contributed by atoms with Crippen LogP contribution < -0.4 is 38.2 Å². The van der Waals surface area contributed by atoms with Crippen molar-refractivity contribution in [2.24, 2.45) is 0 Å². The number of carbonyl (C=O) groups excluding carboxylic acids is 4. The molecule has 0 fully saturated rings. The molecule has 0 radical (unpaired) electrons. The van der Waals surface area contributed by atoms with Gasteiger partial charge in [-0.05, 0) is 108 Å². The number of benzene rings is 4. The van der Waals surface area contributed by atoms with Gasteiger partial charge in [-0.2, -0.15) is 0 Å². The van der Waals surface area contributed by atoms with Gasteiger partial charge < -0.3 is 61.7 Å². The van der Waals surface area contributed by atoms with E-state index in [0.717, 1.165) is 22.3 Å². The number of carbonyl (C=O) groups is 4. The van der Waals surface area contributed by atoms with Gasteiger partial charge in [0.25, 0.3) is 11.8 Å². The zero-order valence-electron chi connectivity index (χ0n) is 52.0. The third-order valence-corrected chi connectivity index (χ3v) is 26.3. The Kier molecular flexibility index (Phi) is 21.5. The molecule has 484 valence electrons. The number of fused-ring (bicyclic) bond motifs is 4. The molecule has 4 aromatic carbocycles. The van der Waals surface area contributed by atoms with Crippen molar-refractivity contribution in [1.29, 1.82) is 0 Å². The first-order chi connectivity index (χ1) is 41.6. The fourth-order valence-electron chi connectivity index (χ4n) is 10.0. The zero-order chi connectivity index (χ0) is 65.3. The minimum Gasteiger partial charge on any atom is -0.497 e. The smallest absolute Gasteiger partial charge is 0.416 e. The maximum absolute atomic E-state index is 15.2. The molecular formula is C62H76Cl6N4O15Si2. The molecule has 4 heterocycles. The van der Waals surface area contributed by atoms with Gasteiger partial charge in [0.05, 0.1) is 75.7 Å². The molecule has 8 rings (SSSR count). The van der Waals surface area contributed by atoms with Crippen LogP contribution in [0.5, 0.6) is 34.5 Å². The van der Waals surface area contributed by atoms with Crippen LogP contribution >= 0.6 is 69.6 Å². The molecule has 1 N–H and O–H groups in total. The van der Waals surface area contributed by atoms with Crippen molar-refractivity contribution in [3.8, 4) is 34.5 Å². The Morgan fingerprint density at radius 1 is 0.539 bits per heavy atom. The molecule has 4 atom stereocenters. The van der Waals surface area contributed by atoms with Crippen LogP contribution in [0.25, 0.3) is 11.1 Å². The lowest BCUT2D eigenvalue weighted by molar-refractivity contribution is 0.0584. The Balaban J connectivity index is 1.14. The van der Waals surface area contributed by atoms with Gasteiger partial charge in [0.15, 0.2) is 52.1 Å². The summed E-state index contributed by atoms with van der Waals surface area (Å²) in [6.45, 7) is 19.2. The van der Waals surface area contributed by atoms with E-state index in [1.165, 1.54) is 48.3 Å². The number of halogens is 6. The molecule has 0 aliphatic carbocycles. The van der Waals surface area contributed by atoms with Crippen LogP contribution in [0.1, 0.15) is 92.6 Å². The van der Waals surface area contributed by atoms with Gasteiger partial charge in [-0.15, -0.1) is 0 Å². The quantitative estimate of drug-likeness (QED) is 0.0498. The van der Waals surface area contributed by atoms with Gasteiger partial charge in [0.2, 0.25) is 7.59 Å². The van der Waals surface area contributed by atoms with E-state index in [0.29, 0.717) is 11.5 Å². The van der Waals surface area contributed by atoms with Crippen LogP contribution in [-0.2, 0) is 18.3 Å². The molecule has 4 unspecified atom stereocenters. The normalized spacial score (nSPS) is 18.8. The fraction of sp³-hybridized carbons (Fsp3) is 0.484. The lowest BCUT2D eigenvalue weighted by Gasteiger charge is -2.44. The van der Waals surface area contributed by atoms with Crippen molar-refractivity contribution in [3.05, 3.63) is 107 Å². The standard InChI is InChI=1S/C62H76Cl6N4O15Si2/c1-59(2,3)88(10,11)86-55-47-27-39(37-15-19-41(78-7)20-16-37)33-69(47)53(74)43-29-49(79-8)51(31-45(43)71(55)57(76)84-35-61(63,64)65)82-24-14-25-83-52-32-46-44(30-50(52)80-9)54(75)70-34-40(38-17-21-42(22-18-38)81-26-23-73)28-48(70)56(87-89(12,13)60(4,5)6)72(46)58(77)85-36-62(66,67)68/h15-22,29-34,47-48,55-56,73H,14,23-28,35-36H2,1-13H3. The molecule has 0 bridgehead atoms. The molecule has 4 amide bonds. The molecule has 0 saturated heterocycles. The average molecular weight is 1390 g/mol. The van der Waals surface area contributed by atoms with Gasteiger partial charge in [-0.25, -0.2) is 19.4 Å². The molecule has 4 aromatic rings. The van der Waals surface area contributed by atoms with Crippen molar-refractivity contribution < 1.29 is 71.0 Å². The summed E-state index contributed by atoms with van der Waals surface area (Å²) >= 11 is 37.1. The van der Waals surface area contributed by atoms with Crippen molar-refractivity contribution in [3.63, 3.8) is 0 Å². The third kappa shape index (κ3) is 15.8. The zero-order valence-corrected chi connectivity index (χ0v) is 58.5. The number of methoxy groups -OCH3 is 3. The Hall–Kier alpha value is -5.31. The number of amides is 4. The van der Waals surface area contributed by atoms with Crippen LogP contribution in [0.2, 0.25) is 36.3 Å². The minimum atomic E-state index is -2.83. The highest BCUT2D eigenvalue weighted by atomic mass is 35.6. The first-order valence-electron chi connectivity index (χ1n) is 28.8. The maximum atomic E-state index is 15.2. The number of hydrogen-bond acceptors (Lipinski definition) is 15. The predicted molar refractivity (Wildman–Crippen MR) is 351 cm³/mol. The first-order valence-corrected chi connectivity index (χ1v) is 36.8. The molecule has 0 aromatic heterocycles. The topological polar surface area (TPSA) is 194 Å². The number of anilines is 2. The Bertz CT molecular complexity index is 3330. The number of nitrogens with zero attached hydrogens (tertiary/aromatic N) is 4. The van der Waals surface area contributed by atoms with Gasteiger partial charge in [-0.1, -0.05) is 135 Å². The number of hydrogen-bond donors (Lipinski definition) is 1. The molecule has 4 aliphatic heterocycles. The van der Waals surface area contributed by atoms with Crippen LogP contribution in [0.15, 0.2) is 85.2 Å². The van der Waals surface area contributed by atoms with Gasteiger partial charge in [0, 0.05) is 31.0 Å². The van der Waals surface area contributed by atoms with Gasteiger partial charge in [0.1, 0.15) is 31.3 Å². The Morgan fingerprint density at radius 3 is 1.26 bits per heavy atom. The monoisotopic (exact) mass is 1380 g/mol. The molecule has 19 nitrogen and oxygen atoms in total. The second kappa shape index (κ2) is 27.5. The van der Waals surface area contributed by atoms with E-state index < -0.39 is 86.0 Å². The average Bonchev–Trinajstić information content (AvgIpc) is 1.62. The number of rotatable bonds is 20. The van der Waals surface area contributed by atoms with Crippen LogP contribution in [0, 0.1) is 0 Å². The minimum absolute atomic E-state index is 0.0131. The van der Waals surface area contributed by atoms with E-state index in [1.807, 2.05) is 62.6 Å². The molecule has 4 aliphatic rings. The van der Waals surface area contributed by atoms with E-state index in [-0.39, 0.29) is 101 Å². The largest absolute Gasteiger partial charge is 0.497 e. The van der Waals surface area contributed by atoms with Crippen LogP contribution in [0.4, 0.5) is 21.0 Å². The van der Waals surface area contributed by atoms with E-state index in [4.69, 9.17) is 116 Å². The second-order valence-electron chi connectivity index (χ2n) is 24.8. The SMILES string of the molecule is COc1ccc(C2=CN3C(=O)c4cc(OC)c(OCCCOc5cc6c(cc5OC)C(=O)N5C=C(c7ccc(OCCO)cc7)CC5C(O[Si](C)(C)C(C)(C)C)N6C(=O)OCC(Cl)(Cl)Cl)cc4N(C(=O)OCC(Cl)(Cl)Cl)C(O[Si](C)(C)C(C)(C)C)C3C2)cc1. The maximum Gasteiger partial charge on any atom is 0.416 e. The summed E-state index contributed by atoms with van der Waals surface area (Å²) in [5.41, 5.74) is 3.53. The van der Waals surface area contributed by atoms with Crippen LogP contribution in [0.3, 0.4) is 0 Å². The van der Waals surface area contributed by atoms with Crippen molar-refractivity contribution >= 4 is 133 Å². The molecule has 0 saturated carbocycles. The van der Waals surface area contributed by atoms with E-state index >= 15 is 9.59 Å². The van der Waals surface area contributed by atoms with Crippen LogP contribution in [-0.4, -0.2) is 149 Å². The Labute approximate surface area is 552 Å². The Morgan fingerprint density at radius 2 is 0.921 bits per heavy atom. The number of ether oxygens (including phenoxy) is 8. The predicted octanol–water partition coefficient (Wildman–Crippen LogP) is 14.8. The second-order valence-corrected chi connectivity index (χ2v) is 39.4. The lowest BCUT2D eigenvalue weighted by atomic mass is 10.0. The fourth-order valence-corrected chi connectivity index (χ4v) is 12.8. The van der Waals surface area contributed by atoms with E-state index in [9.17, 15) is 14.7 Å². The molecule has 27 heteroatoms. The summed E-state index contributed by atoms with van der Waals surface area (Å²) in [4.78, 5) is 65.8. The van der Waals surface area contributed by atoms with Gasteiger partial charge in [-0.3, -0.25) is 9.59 Å². The summed E-state index contributed by atoms with van der Waals surface area (Å²) in [6, 6.07) is 19.2. The van der Waals surface area contributed by atoms with Crippen molar-refractivity contribution in [2.75, 3.05) is 70.8 Å². The number of aliphatic hydroxyl groups is 1. The van der Waals surface area contributed by atoms with E-state index in [1.54, 1.807) is 41.4 Å². The number of aliphatic hydroxyl groups excluding tert-OH is 1.